The van der Waals surface area contributed by atoms with Crippen molar-refractivity contribution < 1.29 is 9.90 Å². The van der Waals surface area contributed by atoms with E-state index in [1.54, 1.807) is 4.90 Å². The first-order chi connectivity index (χ1) is 16.2. The molecule has 1 aliphatic rings. The first kappa shape index (κ1) is 21.7. The smallest absolute Gasteiger partial charge is 0.257 e. The predicted molar refractivity (Wildman–Crippen MR) is 136 cm³/mol. The van der Waals surface area contributed by atoms with Crippen LogP contribution < -0.4 is 0 Å². The van der Waals surface area contributed by atoms with E-state index in [0.29, 0.717) is 5.56 Å². The second kappa shape index (κ2) is 8.99. The van der Waals surface area contributed by atoms with E-state index in [4.69, 9.17) is 0 Å². The molecule has 0 bridgehead atoms. The van der Waals surface area contributed by atoms with Crippen LogP contribution in [0.5, 0.6) is 0 Å². The van der Waals surface area contributed by atoms with Crippen molar-refractivity contribution in [1.29, 1.82) is 0 Å². The monoisotopic (exact) mass is 437 g/mol. The summed E-state index contributed by atoms with van der Waals surface area (Å²) in [5, 5.41) is 15.7. The minimum Gasteiger partial charge on any atom is -0.369 e. The van der Waals surface area contributed by atoms with Gasteiger partial charge in [0.1, 0.15) is 0 Å². The molecule has 0 radical (unpaired) electrons. The standard InChI is InChI=1S/C30H31NO2/c1-3-5-6-13-21(4-2)31-29(32)26-17-10-16-25-24(18-19-27(28(25)26)30(31)33)23-15-9-12-20-11-7-8-14-22(20)23/h7-12,14-19,21,29,32H,3-6,13H2,1-2H3. The molecule has 2 atom stereocenters. The van der Waals surface area contributed by atoms with Crippen LogP contribution in [0.2, 0.25) is 0 Å². The van der Waals surface area contributed by atoms with Gasteiger partial charge in [0, 0.05) is 22.6 Å². The summed E-state index contributed by atoms with van der Waals surface area (Å²) in [6.07, 6.45) is 4.21. The zero-order valence-corrected chi connectivity index (χ0v) is 19.4. The summed E-state index contributed by atoms with van der Waals surface area (Å²) in [4.78, 5) is 15.4. The first-order valence-corrected chi connectivity index (χ1v) is 12.2. The van der Waals surface area contributed by atoms with Crippen LogP contribution in [0.15, 0.2) is 72.8 Å². The highest BCUT2D eigenvalue weighted by molar-refractivity contribution is 6.15. The van der Waals surface area contributed by atoms with Crippen LogP contribution in [0.4, 0.5) is 0 Å². The van der Waals surface area contributed by atoms with Gasteiger partial charge in [-0.25, -0.2) is 0 Å². The molecule has 1 amide bonds. The molecule has 0 fully saturated rings. The maximum absolute atomic E-state index is 13.7. The van der Waals surface area contributed by atoms with Gasteiger partial charge in [0.2, 0.25) is 0 Å². The highest BCUT2D eigenvalue weighted by Crippen LogP contribution is 2.42. The number of unbranched alkanes of at least 4 members (excludes halogenated alkanes) is 2. The van der Waals surface area contributed by atoms with E-state index in [1.165, 1.54) is 10.8 Å². The Hall–Kier alpha value is -3.17. The molecule has 4 aromatic carbocycles. The van der Waals surface area contributed by atoms with Crippen molar-refractivity contribution in [2.45, 2.75) is 58.2 Å². The van der Waals surface area contributed by atoms with Gasteiger partial charge in [-0.2, -0.15) is 0 Å². The predicted octanol–water partition coefficient (Wildman–Crippen LogP) is 7.47. The molecule has 0 saturated heterocycles. The Morgan fingerprint density at radius 3 is 2.33 bits per heavy atom. The van der Waals surface area contributed by atoms with Crippen LogP contribution in [-0.4, -0.2) is 22.0 Å². The maximum atomic E-state index is 13.7. The molecule has 2 unspecified atom stereocenters. The molecular weight excluding hydrogens is 406 g/mol. The molecule has 4 aromatic rings. The lowest BCUT2D eigenvalue weighted by molar-refractivity contribution is -0.0186. The van der Waals surface area contributed by atoms with Gasteiger partial charge in [-0.05, 0) is 46.2 Å². The van der Waals surface area contributed by atoms with Crippen molar-refractivity contribution in [3.05, 3.63) is 83.9 Å². The minimum atomic E-state index is -0.914. The molecule has 3 heteroatoms. The largest absolute Gasteiger partial charge is 0.369 e. The molecule has 3 nitrogen and oxygen atoms in total. The number of fused-ring (bicyclic) bond motifs is 1. The number of nitrogens with zero attached hydrogens (tertiary/aromatic N) is 1. The van der Waals surface area contributed by atoms with Gasteiger partial charge >= 0.3 is 0 Å². The summed E-state index contributed by atoms with van der Waals surface area (Å²) in [6, 6.07) is 24.9. The summed E-state index contributed by atoms with van der Waals surface area (Å²) < 4.78 is 0. The van der Waals surface area contributed by atoms with Gasteiger partial charge in [0.15, 0.2) is 6.23 Å². The number of amides is 1. The first-order valence-electron chi connectivity index (χ1n) is 12.2. The van der Waals surface area contributed by atoms with Crippen molar-refractivity contribution in [2.24, 2.45) is 0 Å². The lowest BCUT2D eigenvalue weighted by atomic mass is 9.86. The third kappa shape index (κ3) is 3.61. The van der Waals surface area contributed by atoms with Gasteiger partial charge in [-0.15, -0.1) is 0 Å². The molecule has 5 rings (SSSR count). The third-order valence-corrected chi connectivity index (χ3v) is 7.16. The molecule has 1 N–H and O–H groups in total. The minimum absolute atomic E-state index is 0.0419. The summed E-state index contributed by atoms with van der Waals surface area (Å²) in [5.74, 6) is -0.0565. The van der Waals surface area contributed by atoms with Crippen molar-refractivity contribution in [3.63, 3.8) is 0 Å². The van der Waals surface area contributed by atoms with E-state index in [2.05, 4.69) is 68.4 Å². The van der Waals surface area contributed by atoms with E-state index >= 15 is 0 Å². The van der Waals surface area contributed by atoms with Crippen molar-refractivity contribution in [2.75, 3.05) is 0 Å². The maximum Gasteiger partial charge on any atom is 0.257 e. The Morgan fingerprint density at radius 1 is 0.818 bits per heavy atom. The van der Waals surface area contributed by atoms with Gasteiger partial charge in [-0.3, -0.25) is 4.79 Å². The number of benzene rings is 4. The van der Waals surface area contributed by atoms with Crippen LogP contribution >= 0.6 is 0 Å². The van der Waals surface area contributed by atoms with Crippen LogP contribution in [0.3, 0.4) is 0 Å². The SMILES string of the molecule is CCCCCC(CC)N1C(=O)c2ccc(-c3cccc4ccccc34)c3cccc(c23)C1O. The number of carbonyl (C=O) groups is 1. The number of aliphatic hydroxyl groups excluding tert-OH is 1. The Kier molecular flexibility index (Phi) is 5.90. The lowest BCUT2D eigenvalue weighted by Gasteiger charge is -2.39. The fourth-order valence-electron chi connectivity index (χ4n) is 5.46. The van der Waals surface area contributed by atoms with Gasteiger partial charge in [-0.1, -0.05) is 99.8 Å². The van der Waals surface area contributed by atoms with Crippen molar-refractivity contribution in [3.8, 4) is 11.1 Å². The van der Waals surface area contributed by atoms with E-state index in [-0.39, 0.29) is 11.9 Å². The topological polar surface area (TPSA) is 40.5 Å². The van der Waals surface area contributed by atoms with Gasteiger partial charge in [0.25, 0.3) is 5.91 Å². The molecule has 33 heavy (non-hydrogen) atoms. The lowest BCUT2D eigenvalue weighted by Crippen LogP contribution is -2.45. The summed E-state index contributed by atoms with van der Waals surface area (Å²) in [6.45, 7) is 4.29. The van der Waals surface area contributed by atoms with Crippen molar-refractivity contribution >= 4 is 27.5 Å². The fraction of sp³-hybridized carbons (Fsp3) is 0.300. The Morgan fingerprint density at radius 2 is 1.52 bits per heavy atom. The quantitative estimate of drug-likeness (QED) is 0.305. The third-order valence-electron chi connectivity index (χ3n) is 7.16. The highest BCUT2D eigenvalue weighted by atomic mass is 16.3. The van der Waals surface area contributed by atoms with E-state index < -0.39 is 6.23 Å². The zero-order valence-electron chi connectivity index (χ0n) is 19.4. The molecule has 168 valence electrons. The van der Waals surface area contributed by atoms with Gasteiger partial charge in [0.05, 0.1) is 0 Å². The second-order valence-corrected chi connectivity index (χ2v) is 9.10. The molecule has 0 aromatic heterocycles. The van der Waals surface area contributed by atoms with Crippen LogP contribution in [-0.2, 0) is 0 Å². The summed E-state index contributed by atoms with van der Waals surface area (Å²) in [7, 11) is 0. The van der Waals surface area contributed by atoms with E-state index in [0.717, 1.165) is 59.6 Å². The highest BCUT2D eigenvalue weighted by Gasteiger charge is 2.36. The molecule has 1 heterocycles. The number of hydrogen-bond donors (Lipinski definition) is 1. The summed E-state index contributed by atoms with van der Waals surface area (Å²) >= 11 is 0. The van der Waals surface area contributed by atoms with E-state index in [1.807, 2.05) is 18.2 Å². The summed E-state index contributed by atoms with van der Waals surface area (Å²) in [5.41, 5.74) is 3.77. The van der Waals surface area contributed by atoms with Gasteiger partial charge < -0.3 is 10.0 Å². The normalized spacial score (nSPS) is 16.5. The second-order valence-electron chi connectivity index (χ2n) is 9.10. The fourth-order valence-corrected chi connectivity index (χ4v) is 5.46. The Balaban J connectivity index is 1.65. The van der Waals surface area contributed by atoms with Crippen molar-refractivity contribution in [1.82, 2.24) is 4.90 Å². The number of aliphatic hydroxyl groups is 1. The molecule has 1 aliphatic heterocycles. The molecular formula is C30H31NO2. The Bertz CT molecular complexity index is 1320. The average molecular weight is 438 g/mol. The molecule has 0 aliphatic carbocycles. The zero-order chi connectivity index (χ0) is 22.9. The Labute approximate surface area is 195 Å². The molecule has 0 saturated carbocycles. The molecule has 0 spiro atoms. The van der Waals surface area contributed by atoms with Crippen LogP contribution in [0.1, 0.15) is 68.1 Å². The van der Waals surface area contributed by atoms with E-state index in [9.17, 15) is 9.90 Å². The number of hydrogen-bond acceptors (Lipinski definition) is 2. The number of rotatable bonds is 7. The number of carbonyl (C=O) groups excluding carboxylic acids is 1. The van der Waals surface area contributed by atoms with Crippen LogP contribution in [0, 0.1) is 0 Å². The average Bonchev–Trinajstić information content (AvgIpc) is 2.85. The van der Waals surface area contributed by atoms with Crippen LogP contribution in [0.25, 0.3) is 32.7 Å².